The van der Waals surface area contributed by atoms with Gasteiger partial charge in [0.05, 0.1) is 5.56 Å². The second-order valence-electron chi connectivity index (χ2n) is 5.04. The number of aryl methyl sites for hydroxylation is 1. The van der Waals surface area contributed by atoms with Crippen molar-refractivity contribution >= 4 is 23.0 Å². The number of rotatable bonds is 6. The Kier molecular flexibility index (Phi) is 5.10. The van der Waals surface area contributed by atoms with Crippen LogP contribution in [0, 0.1) is 6.92 Å². The number of hydrogen-bond donors (Lipinski definition) is 2. The standard InChI is InChI=1S/C14H22N4S/c1-11-5-6-12(13(15)19)14(17-11)16-7-4-10-18-8-2-3-9-18/h5-6H,2-4,7-10H2,1H3,(H2,15,19)(H,16,17). The van der Waals surface area contributed by atoms with Crippen LogP contribution >= 0.6 is 12.2 Å². The third-order valence-corrected chi connectivity index (χ3v) is 3.66. The van der Waals surface area contributed by atoms with E-state index in [9.17, 15) is 0 Å². The number of hydrogen-bond acceptors (Lipinski definition) is 4. The number of aromatic nitrogens is 1. The Bertz CT molecular complexity index is 441. The smallest absolute Gasteiger partial charge is 0.136 e. The molecule has 5 heteroatoms. The summed E-state index contributed by atoms with van der Waals surface area (Å²) in [6, 6.07) is 3.87. The molecule has 0 bridgehead atoms. The van der Waals surface area contributed by atoms with Crippen molar-refractivity contribution in [1.82, 2.24) is 9.88 Å². The maximum absolute atomic E-state index is 5.71. The topological polar surface area (TPSA) is 54.2 Å². The Balaban J connectivity index is 1.84. The number of pyridine rings is 1. The Morgan fingerprint density at radius 3 is 2.84 bits per heavy atom. The summed E-state index contributed by atoms with van der Waals surface area (Å²) in [5.41, 5.74) is 7.52. The van der Waals surface area contributed by atoms with Crippen molar-refractivity contribution in [2.45, 2.75) is 26.2 Å². The van der Waals surface area contributed by atoms with Gasteiger partial charge in [-0.25, -0.2) is 4.98 Å². The van der Waals surface area contributed by atoms with Crippen LogP contribution in [-0.2, 0) is 0 Å². The van der Waals surface area contributed by atoms with Gasteiger partial charge in [0, 0.05) is 12.2 Å². The van der Waals surface area contributed by atoms with Gasteiger partial charge in [0.1, 0.15) is 10.8 Å². The molecule has 1 fully saturated rings. The zero-order valence-corrected chi connectivity index (χ0v) is 12.3. The first-order valence-corrected chi connectivity index (χ1v) is 7.31. The lowest BCUT2D eigenvalue weighted by Gasteiger charge is -2.15. The SMILES string of the molecule is Cc1ccc(C(N)=S)c(NCCCN2CCCC2)n1. The van der Waals surface area contributed by atoms with Gasteiger partial charge >= 0.3 is 0 Å². The number of nitrogens with zero attached hydrogens (tertiary/aromatic N) is 2. The summed E-state index contributed by atoms with van der Waals surface area (Å²) in [7, 11) is 0. The lowest BCUT2D eigenvalue weighted by molar-refractivity contribution is 0.337. The minimum atomic E-state index is 0.398. The second-order valence-corrected chi connectivity index (χ2v) is 5.48. The molecule has 104 valence electrons. The van der Waals surface area contributed by atoms with E-state index in [-0.39, 0.29) is 0 Å². The molecule has 1 aromatic rings. The van der Waals surface area contributed by atoms with Crippen LogP contribution in [0.15, 0.2) is 12.1 Å². The van der Waals surface area contributed by atoms with E-state index >= 15 is 0 Å². The molecule has 0 amide bonds. The minimum absolute atomic E-state index is 0.398. The molecule has 0 unspecified atom stereocenters. The van der Waals surface area contributed by atoms with E-state index in [1.54, 1.807) is 0 Å². The zero-order chi connectivity index (χ0) is 13.7. The van der Waals surface area contributed by atoms with Crippen LogP contribution in [-0.4, -0.2) is 41.1 Å². The predicted octanol–water partition coefficient (Wildman–Crippen LogP) is 1.92. The molecule has 1 saturated heterocycles. The Hall–Kier alpha value is -1.20. The molecule has 2 heterocycles. The van der Waals surface area contributed by atoms with E-state index in [2.05, 4.69) is 15.2 Å². The van der Waals surface area contributed by atoms with Gasteiger partial charge in [-0.05, 0) is 58.0 Å². The van der Waals surface area contributed by atoms with Gasteiger partial charge in [0.25, 0.3) is 0 Å². The molecule has 4 nitrogen and oxygen atoms in total. The van der Waals surface area contributed by atoms with Crippen LogP contribution < -0.4 is 11.1 Å². The van der Waals surface area contributed by atoms with Crippen molar-refractivity contribution in [3.8, 4) is 0 Å². The monoisotopic (exact) mass is 278 g/mol. The molecule has 1 aliphatic rings. The normalized spacial score (nSPS) is 15.6. The largest absolute Gasteiger partial charge is 0.389 e. The van der Waals surface area contributed by atoms with Crippen molar-refractivity contribution in [3.05, 3.63) is 23.4 Å². The van der Waals surface area contributed by atoms with Crippen LogP contribution in [0.25, 0.3) is 0 Å². The molecule has 19 heavy (non-hydrogen) atoms. The van der Waals surface area contributed by atoms with Crippen LogP contribution in [0.2, 0.25) is 0 Å². The first-order chi connectivity index (χ1) is 9.16. The van der Waals surface area contributed by atoms with Crippen molar-refractivity contribution in [3.63, 3.8) is 0 Å². The zero-order valence-electron chi connectivity index (χ0n) is 11.5. The molecule has 0 radical (unpaired) electrons. The minimum Gasteiger partial charge on any atom is -0.389 e. The number of nitrogens with two attached hydrogens (primary N) is 1. The molecule has 2 rings (SSSR count). The van der Waals surface area contributed by atoms with Crippen molar-refractivity contribution in [1.29, 1.82) is 0 Å². The number of thiocarbonyl (C=S) groups is 1. The molecular formula is C14H22N4S. The van der Waals surface area contributed by atoms with E-state index in [4.69, 9.17) is 18.0 Å². The van der Waals surface area contributed by atoms with Gasteiger partial charge in [-0.3, -0.25) is 0 Å². The van der Waals surface area contributed by atoms with Crippen LogP contribution in [0.3, 0.4) is 0 Å². The van der Waals surface area contributed by atoms with Gasteiger partial charge in [-0.15, -0.1) is 0 Å². The fraction of sp³-hybridized carbons (Fsp3) is 0.571. The highest BCUT2D eigenvalue weighted by atomic mass is 32.1. The number of likely N-dealkylation sites (tertiary alicyclic amines) is 1. The lowest BCUT2D eigenvalue weighted by atomic mass is 10.2. The fourth-order valence-electron chi connectivity index (χ4n) is 2.41. The second kappa shape index (κ2) is 6.82. The lowest BCUT2D eigenvalue weighted by Crippen LogP contribution is -2.23. The van der Waals surface area contributed by atoms with Gasteiger partial charge < -0.3 is 16.0 Å². The summed E-state index contributed by atoms with van der Waals surface area (Å²) >= 11 is 5.05. The van der Waals surface area contributed by atoms with Gasteiger partial charge in [0.15, 0.2) is 0 Å². The highest BCUT2D eigenvalue weighted by Gasteiger charge is 2.11. The molecule has 0 aromatic carbocycles. The van der Waals surface area contributed by atoms with Crippen LogP contribution in [0.1, 0.15) is 30.5 Å². The van der Waals surface area contributed by atoms with Crippen LogP contribution in [0.4, 0.5) is 5.82 Å². The number of anilines is 1. The number of nitrogens with one attached hydrogen (secondary N) is 1. The van der Waals surface area contributed by atoms with Crippen LogP contribution in [0.5, 0.6) is 0 Å². The van der Waals surface area contributed by atoms with E-state index in [1.165, 1.54) is 25.9 Å². The maximum atomic E-state index is 5.71. The molecule has 0 spiro atoms. The van der Waals surface area contributed by atoms with Crippen molar-refractivity contribution in [2.75, 3.05) is 31.5 Å². The van der Waals surface area contributed by atoms with Crippen molar-refractivity contribution in [2.24, 2.45) is 5.73 Å². The first-order valence-electron chi connectivity index (χ1n) is 6.90. The molecule has 0 aliphatic carbocycles. The molecule has 1 aliphatic heterocycles. The summed E-state index contributed by atoms with van der Waals surface area (Å²) in [6.07, 6.45) is 3.81. The quantitative estimate of drug-likeness (QED) is 0.615. The van der Waals surface area contributed by atoms with Gasteiger partial charge in [-0.1, -0.05) is 12.2 Å². The Morgan fingerprint density at radius 2 is 2.16 bits per heavy atom. The third kappa shape index (κ3) is 4.14. The highest BCUT2D eigenvalue weighted by molar-refractivity contribution is 7.80. The fourth-order valence-corrected chi connectivity index (χ4v) is 2.57. The Morgan fingerprint density at radius 1 is 1.42 bits per heavy atom. The molecular weight excluding hydrogens is 256 g/mol. The average molecular weight is 278 g/mol. The molecule has 1 aromatic heterocycles. The average Bonchev–Trinajstić information content (AvgIpc) is 2.87. The summed E-state index contributed by atoms with van der Waals surface area (Å²) in [4.78, 5) is 7.38. The molecule has 0 saturated carbocycles. The van der Waals surface area contributed by atoms with Crippen molar-refractivity contribution < 1.29 is 0 Å². The van der Waals surface area contributed by atoms with E-state index in [0.717, 1.165) is 36.6 Å². The third-order valence-electron chi connectivity index (χ3n) is 3.44. The first kappa shape index (κ1) is 14.2. The maximum Gasteiger partial charge on any atom is 0.136 e. The van der Waals surface area contributed by atoms with E-state index < -0.39 is 0 Å². The highest BCUT2D eigenvalue weighted by Crippen LogP contribution is 2.13. The van der Waals surface area contributed by atoms with E-state index in [1.807, 2.05) is 19.1 Å². The predicted molar refractivity (Wildman–Crippen MR) is 83.6 cm³/mol. The summed E-state index contributed by atoms with van der Waals surface area (Å²) in [6.45, 7) is 6.53. The van der Waals surface area contributed by atoms with Gasteiger partial charge in [0.2, 0.25) is 0 Å². The molecule has 0 atom stereocenters. The summed E-state index contributed by atoms with van der Waals surface area (Å²) in [5.74, 6) is 0.814. The summed E-state index contributed by atoms with van der Waals surface area (Å²) < 4.78 is 0. The summed E-state index contributed by atoms with van der Waals surface area (Å²) in [5, 5.41) is 3.35. The Labute approximate surface area is 120 Å². The van der Waals surface area contributed by atoms with Gasteiger partial charge in [-0.2, -0.15) is 0 Å². The van der Waals surface area contributed by atoms with E-state index in [0.29, 0.717) is 4.99 Å². The molecule has 3 N–H and O–H groups in total.